The fourth-order valence-corrected chi connectivity index (χ4v) is 1.99. The van der Waals surface area contributed by atoms with E-state index in [0.717, 1.165) is 5.56 Å². The normalized spacial score (nSPS) is 12.2. The maximum atomic E-state index is 13.7. The summed E-state index contributed by atoms with van der Waals surface area (Å²) >= 11 is 0. The summed E-state index contributed by atoms with van der Waals surface area (Å²) < 4.78 is 19.3. The predicted octanol–water partition coefficient (Wildman–Crippen LogP) is 3.21. The highest BCUT2D eigenvalue weighted by atomic mass is 19.1. The molecule has 20 heavy (non-hydrogen) atoms. The Bertz CT molecular complexity index is 564. The average molecular weight is 276 g/mol. The lowest BCUT2D eigenvalue weighted by molar-refractivity contribution is 0.190. The van der Waals surface area contributed by atoms with Gasteiger partial charge in [0.15, 0.2) is 0 Å². The van der Waals surface area contributed by atoms with Crippen LogP contribution in [0.1, 0.15) is 24.2 Å². The van der Waals surface area contributed by atoms with Gasteiger partial charge in [0.05, 0.1) is 11.7 Å². The lowest BCUT2D eigenvalue weighted by Crippen LogP contribution is -2.00. The highest BCUT2D eigenvalue weighted by molar-refractivity contribution is 5.40. The summed E-state index contributed by atoms with van der Waals surface area (Å²) in [5, 5.41) is 18.5. The second-order valence-corrected chi connectivity index (χ2v) is 4.55. The van der Waals surface area contributed by atoms with E-state index in [4.69, 9.17) is 9.84 Å². The Hall–Kier alpha value is -1.91. The van der Waals surface area contributed by atoms with Crippen molar-refractivity contribution in [1.29, 1.82) is 0 Å². The third-order valence-corrected chi connectivity index (χ3v) is 2.98. The largest absolute Gasteiger partial charge is 0.457 e. The molecule has 2 aromatic rings. The van der Waals surface area contributed by atoms with Crippen molar-refractivity contribution in [3.05, 3.63) is 59.4 Å². The smallest absolute Gasteiger partial charge is 0.136 e. The van der Waals surface area contributed by atoms with Gasteiger partial charge in [0.25, 0.3) is 0 Å². The molecule has 2 aromatic carbocycles. The number of hydrogen-bond donors (Lipinski definition) is 2. The summed E-state index contributed by atoms with van der Waals surface area (Å²) in [6, 6.07) is 11.6. The van der Waals surface area contributed by atoms with Gasteiger partial charge >= 0.3 is 0 Å². The Morgan fingerprint density at radius 1 is 1.15 bits per heavy atom. The van der Waals surface area contributed by atoms with Crippen molar-refractivity contribution >= 4 is 0 Å². The van der Waals surface area contributed by atoms with Crippen LogP contribution in [0.25, 0.3) is 0 Å². The molecule has 0 amide bonds. The van der Waals surface area contributed by atoms with Gasteiger partial charge in [-0.15, -0.1) is 0 Å². The molecule has 0 spiro atoms. The highest BCUT2D eigenvalue weighted by Gasteiger charge is 2.15. The van der Waals surface area contributed by atoms with Gasteiger partial charge in [-0.05, 0) is 43.2 Å². The molecule has 0 saturated heterocycles. The molecule has 0 saturated carbocycles. The van der Waals surface area contributed by atoms with Crippen LogP contribution in [0.4, 0.5) is 4.39 Å². The standard InChI is InChI=1S/C16H17FO3/c1-11(19)16-14(17)3-2-4-15(16)20-13-7-5-12(6-8-13)9-10-18/h2-8,11,18-19H,9-10H2,1H3/t11-/m1/s1. The quantitative estimate of drug-likeness (QED) is 0.881. The highest BCUT2D eigenvalue weighted by Crippen LogP contribution is 2.31. The van der Waals surface area contributed by atoms with Gasteiger partial charge < -0.3 is 14.9 Å². The van der Waals surface area contributed by atoms with Gasteiger partial charge in [0.2, 0.25) is 0 Å². The molecule has 2 rings (SSSR count). The third kappa shape index (κ3) is 3.35. The third-order valence-electron chi connectivity index (χ3n) is 2.98. The minimum Gasteiger partial charge on any atom is -0.457 e. The number of aliphatic hydroxyl groups excluding tert-OH is 2. The minimum atomic E-state index is -0.945. The number of rotatable bonds is 5. The van der Waals surface area contributed by atoms with Crippen LogP contribution in [-0.4, -0.2) is 16.8 Å². The molecule has 2 N–H and O–H groups in total. The fraction of sp³-hybridized carbons (Fsp3) is 0.250. The van der Waals surface area contributed by atoms with E-state index in [1.165, 1.54) is 19.1 Å². The summed E-state index contributed by atoms with van der Waals surface area (Å²) in [6.45, 7) is 1.59. The molecule has 4 heteroatoms. The second kappa shape index (κ2) is 6.50. The molecule has 0 aliphatic carbocycles. The number of benzene rings is 2. The van der Waals surface area contributed by atoms with E-state index < -0.39 is 11.9 Å². The summed E-state index contributed by atoms with van der Waals surface area (Å²) in [5.41, 5.74) is 1.14. The summed E-state index contributed by atoms with van der Waals surface area (Å²) in [6.07, 6.45) is -0.362. The Labute approximate surface area is 117 Å². The Kier molecular flexibility index (Phi) is 4.71. The number of halogens is 1. The van der Waals surface area contributed by atoms with E-state index in [-0.39, 0.29) is 12.2 Å². The van der Waals surface area contributed by atoms with Crippen molar-refractivity contribution in [2.45, 2.75) is 19.4 Å². The predicted molar refractivity (Wildman–Crippen MR) is 74.3 cm³/mol. The monoisotopic (exact) mass is 276 g/mol. The first kappa shape index (κ1) is 14.5. The van der Waals surface area contributed by atoms with Gasteiger partial charge in [-0.3, -0.25) is 0 Å². The molecule has 0 radical (unpaired) electrons. The zero-order valence-electron chi connectivity index (χ0n) is 11.2. The second-order valence-electron chi connectivity index (χ2n) is 4.55. The van der Waals surface area contributed by atoms with E-state index in [9.17, 15) is 9.50 Å². The average Bonchev–Trinajstić information content (AvgIpc) is 2.41. The molecule has 0 aliphatic rings. The first-order valence-corrected chi connectivity index (χ1v) is 6.46. The van der Waals surface area contributed by atoms with Crippen molar-refractivity contribution in [3.63, 3.8) is 0 Å². The van der Waals surface area contributed by atoms with Crippen LogP contribution in [0.15, 0.2) is 42.5 Å². The maximum absolute atomic E-state index is 13.7. The van der Waals surface area contributed by atoms with Crippen molar-refractivity contribution < 1.29 is 19.3 Å². The van der Waals surface area contributed by atoms with E-state index in [1.54, 1.807) is 18.2 Å². The first-order valence-electron chi connectivity index (χ1n) is 6.46. The molecule has 0 aromatic heterocycles. The Balaban J connectivity index is 2.23. The zero-order chi connectivity index (χ0) is 14.5. The number of ether oxygens (including phenoxy) is 1. The van der Waals surface area contributed by atoms with Gasteiger partial charge in [-0.25, -0.2) is 4.39 Å². The Morgan fingerprint density at radius 2 is 1.85 bits per heavy atom. The summed E-state index contributed by atoms with van der Waals surface area (Å²) in [5.74, 6) is 0.364. The van der Waals surface area contributed by atoms with Crippen molar-refractivity contribution in [2.24, 2.45) is 0 Å². The van der Waals surface area contributed by atoms with Crippen molar-refractivity contribution in [3.8, 4) is 11.5 Å². The SMILES string of the molecule is C[C@@H](O)c1c(F)cccc1Oc1ccc(CCO)cc1. The van der Waals surface area contributed by atoms with Gasteiger partial charge in [-0.1, -0.05) is 18.2 Å². The lowest BCUT2D eigenvalue weighted by atomic mass is 10.1. The molecule has 0 aliphatic heterocycles. The number of aliphatic hydroxyl groups is 2. The van der Waals surface area contributed by atoms with Crippen LogP contribution in [0.2, 0.25) is 0 Å². The van der Waals surface area contributed by atoms with Crippen molar-refractivity contribution in [2.75, 3.05) is 6.61 Å². The number of hydrogen-bond acceptors (Lipinski definition) is 3. The van der Waals surface area contributed by atoms with Gasteiger partial charge in [0, 0.05) is 6.61 Å². The topological polar surface area (TPSA) is 49.7 Å². The lowest BCUT2D eigenvalue weighted by Gasteiger charge is -2.14. The Morgan fingerprint density at radius 3 is 2.45 bits per heavy atom. The van der Waals surface area contributed by atoms with Crippen molar-refractivity contribution in [1.82, 2.24) is 0 Å². The molecular weight excluding hydrogens is 259 g/mol. The summed E-state index contributed by atoms with van der Waals surface area (Å²) in [7, 11) is 0. The van der Waals surface area contributed by atoms with Crippen LogP contribution in [-0.2, 0) is 6.42 Å². The maximum Gasteiger partial charge on any atom is 0.136 e. The molecule has 0 heterocycles. The zero-order valence-corrected chi connectivity index (χ0v) is 11.2. The van der Waals surface area contributed by atoms with E-state index in [2.05, 4.69) is 0 Å². The summed E-state index contributed by atoms with van der Waals surface area (Å²) in [4.78, 5) is 0. The molecule has 0 bridgehead atoms. The molecule has 1 atom stereocenters. The minimum absolute atomic E-state index is 0.0935. The van der Waals surface area contributed by atoms with E-state index in [0.29, 0.717) is 17.9 Å². The fourth-order valence-electron chi connectivity index (χ4n) is 1.99. The van der Waals surface area contributed by atoms with Gasteiger partial charge in [-0.2, -0.15) is 0 Å². The van der Waals surface area contributed by atoms with Crippen LogP contribution < -0.4 is 4.74 Å². The van der Waals surface area contributed by atoms with Crippen LogP contribution >= 0.6 is 0 Å². The molecule has 106 valence electrons. The van der Waals surface area contributed by atoms with Gasteiger partial charge in [0.1, 0.15) is 17.3 Å². The van der Waals surface area contributed by atoms with E-state index >= 15 is 0 Å². The molecular formula is C16H17FO3. The van der Waals surface area contributed by atoms with Crippen LogP contribution in [0, 0.1) is 5.82 Å². The molecule has 0 fully saturated rings. The first-order chi connectivity index (χ1) is 9.61. The molecule has 3 nitrogen and oxygen atoms in total. The van der Waals surface area contributed by atoms with Crippen LogP contribution in [0.5, 0.6) is 11.5 Å². The van der Waals surface area contributed by atoms with E-state index in [1.807, 2.05) is 12.1 Å². The van der Waals surface area contributed by atoms with Crippen LogP contribution in [0.3, 0.4) is 0 Å². The molecule has 0 unspecified atom stereocenters.